The number of carbonyl (C=O) groups is 1. The fourth-order valence-electron chi connectivity index (χ4n) is 6.61. The van der Waals surface area contributed by atoms with Crippen molar-refractivity contribution in [2.75, 3.05) is 34.4 Å². The van der Waals surface area contributed by atoms with E-state index in [9.17, 15) is 9.90 Å². The molecule has 2 N–H and O–H groups in total. The van der Waals surface area contributed by atoms with Crippen molar-refractivity contribution in [2.24, 2.45) is 11.3 Å². The van der Waals surface area contributed by atoms with Crippen LogP contribution in [-0.4, -0.2) is 60.3 Å². The standard InChI is InChI=1S/C34H34Cl2N4O4/c1-37-16-21-9-10-27(39-32(21)44-3)26-6-4-5-24(29(26)35)25-11-12-38-31(30(25)36)20-7-8-22(28(13-20)43-2)17-40-18-34(19-40)14-23(15-34)33(41)42/h4-13,23,37H,14-19H2,1-3H3,(H,41,42). The first kappa shape index (κ1) is 30.3. The average Bonchev–Trinajstić information content (AvgIpc) is 2.98. The van der Waals surface area contributed by atoms with E-state index in [0.29, 0.717) is 33.9 Å². The number of pyridine rings is 2. The zero-order valence-corrected chi connectivity index (χ0v) is 26.4. The Hall–Kier alpha value is -3.69. The summed E-state index contributed by atoms with van der Waals surface area (Å²) >= 11 is 14.0. The zero-order chi connectivity index (χ0) is 31.0. The van der Waals surface area contributed by atoms with Crippen molar-refractivity contribution in [3.63, 3.8) is 0 Å². The first-order chi connectivity index (χ1) is 21.3. The Morgan fingerprint density at radius 1 is 1.00 bits per heavy atom. The molecule has 2 fully saturated rings. The third-order valence-electron chi connectivity index (χ3n) is 8.73. The van der Waals surface area contributed by atoms with E-state index in [1.54, 1.807) is 20.4 Å². The zero-order valence-electron chi connectivity index (χ0n) is 24.9. The van der Waals surface area contributed by atoms with Crippen LogP contribution in [0.25, 0.3) is 33.6 Å². The molecule has 44 heavy (non-hydrogen) atoms. The lowest BCUT2D eigenvalue weighted by atomic mass is 9.57. The van der Waals surface area contributed by atoms with Crippen molar-refractivity contribution in [1.29, 1.82) is 0 Å². The number of halogens is 2. The molecule has 2 aromatic carbocycles. The molecule has 4 aromatic rings. The summed E-state index contributed by atoms with van der Waals surface area (Å²) in [5, 5.41) is 13.4. The third kappa shape index (κ3) is 5.63. The highest BCUT2D eigenvalue weighted by Gasteiger charge is 2.54. The summed E-state index contributed by atoms with van der Waals surface area (Å²) in [5.74, 6) is 0.436. The fourth-order valence-corrected chi connectivity index (χ4v) is 7.26. The second-order valence-electron chi connectivity index (χ2n) is 11.7. The van der Waals surface area contributed by atoms with E-state index in [2.05, 4.69) is 21.3 Å². The minimum Gasteiger partial charge on any atom is -0.496 e. The largest absolute Gasteiger partial charge is 0.496 e. The molecule has 3 heterocycles. The summed E-state index contributed by atoms with van der Waals surface area (Å²) in [6, 6.07) is 17.6. The van der Waals surface area contributed by atoms with Crippen LogP contribution in [0.2, 0.25) is 10.0 Å². The van der Waals surface area contributed by atoms with Gasteiger partial charge in [0.15, 0.2) is 0 Å². The highest BCUT2D eigenvalue weighted by molar-refractivity contribution is 6.39. The van der Waals surface area contributed by atoms with Gasteiger partial charge in [-0.05, 0) is 43.5 Å². The number of hydrogen-bond acceptors (Lipinski definition) is 7. The Morgan fingerprint density at radius 3 is 2.43 bits per heavy atom. The smallest absolute Gasteiger partial charge is 0.306 e. The Kier molecular flexibility index (Phi) is 8.53. The molecule has 0 amide bonds. The summed E-state index contributed by atoms with van der Waals surface area (Å²) in [6.45, 7) is 3.21. The maximum Gasteiger partial charge on any atom is 0.306 e. The number of likely N-dealkylation sites (tertiary alicyclic amines) is 1. The number of carboxylic acid groups (broad SMARTS) is 1. The van der Waals surface area contributed by atoms with Crippen LogP contribution in [0.3, 0.4) is 0 Å². The summed E-state index contributed by atoms with van der Waals surface area (Å²) in [4.78, 5) is 22.9. The number of ether oxygens (including phenoxy) is 2. The molecule has 0 bridgehead atoms. The molecule has 0 radical (unpaired) electrons. The van der Waals surface area contributed by atoms with Crippen molar-refractivity contribution in [3.05, 3.63) is 82.0 Å². The molecule has 1 spiro atoms. The minimum absolute atomic E-state index is 0.171. The third-order valence-corrected chi connectivity index (χ3v) is 9.52. The van der Waals surface area contributed by atoms with Crippen molar-refractivity contribution in [3.8, 4) is 45.3 Å². The van der Waals surface area contributed by atoms with Gasteiger partial charge < -0.3 is 19.9 Å². The molecule has 1 aliphatic heterocycles. The number of aliphatic carboxylic acids is 1. The summed E-state index contributed by atoms with van der Waals surface area (Å²) in [7, 11) is 5.15. The molecule has 2 aromatic heterocycles. The van der Waals surface area contributed by atoms with Crippen molar-refractivity contribution < 1.29 is 19.4 Å². The van der Waals surface area contributed by atoms with E-state index in [1.807, 2.05) is 55.6 Å². The summed E-state index contributed by atoms with van der Waals surface area (Å²) < 4.78 is 11.3. The minimum atomic E-state index is -0.676. The van der Waals surface area contributed by atoms with Crippen molar-refractivity contribution in [1.82, 2.24) is 20.2 Å². The molecular weight excluding hydrogens is 599 g/mol. The van der Waals surface area contributed by atoms with Crippen molar-refractivity contribution in [2.45, 2.75) is 25.9 Å². The number of hydrogen-bond donors (Lipinski definition) is 2. The average molecular weight is 634 g/mol. The molecule has 1 aliphatic carbocycles. The fraction of sp³-hybridized carbons (Fsp3) is 0.324. The van der Waals surface area contributed by atoms with E-state index >= 15 is 0 Å². The van der Waals surface area contributed by atoms with E-state index in [-0.39, 0.29) is 11.3 Å². The van der Waals surface area contributed by atoms with Gasteiger partial charge in [-0.15, -0.1) is 0 Å². The number of carboxylic acids is 1. The van der Waals surface area contributed by atoms with E-state index < -0.39 is 5.97 Å². The molecule has 10 heteroatoms. The summed E-state index contributed by atoms with van der Waals surface area (Å²) in [6.07, 6.45) is 3.28. The normalized spacial score (nSPS) is 15.9. The molecule has 0 unspecified atom stereocenters. The van der Waals surface area contributed by atoms with Gasteiger partial charge in [-0.25, -0.2) is 4.98 Å². The highest BCUT2D eigenvalue weighted by Crippen LogP contribution is 2.52. The van der Waals surface area contributed by atoms with Gasteiger partial charge in [-0.2, -0.15) is 0 Å². The number of methoxy groups -OCH3 is 2. The van der Waals surface area contributed by atoms with Crippen LogP contribution in [-0.2, 0) is 17.9 Å². The summed E-state index contributed by atoms with van der Waals surface area (Å²) in [5.41, 5.74) is 6.65. The Bertz CT molecular complexity index is 1720. The van der Waals surface area contributed by atoms with Gasteiger partial charge in [-0.1, -0.05) is 59.6 Å². The molecule has 1 saturated heterocycles. The number of aromatic nitrogens is 2. The molecule has 1 saturated carbocycles. The van der Waals surface area contributed by atoms with E-state index in [1.165, 1.54) is 0 Å². The van der Waals surface area contributed by atoms with Gasteiger partial charge >= 0.3 is 5.97 Å². The van der Waals surface area contributed by atoms with Crippen LogP contribution in [0.5, 0.6) is 11.6 Å². The maximum atomic E-state index is 11.2. The van der Waals surface area contributed by atoms with Gasteiger partial charge in [-0.3, -0.25) is 14.7 Å². The molecule has 2 aliphatic rings. The predicted molar refractivity (Wildman–Crippen MR) is 172 cm³/mol. The quantitative estimate of drug-likeness (QED) is 0.197. The van der Waals surface area contributed by atoms with Crippen LogP contribution in [0.15, 0.2) is 60.8 Å². The Morgan fingerprint density at radius 2 is 1.73 bits per heavy atom. The number of rotatable bonds is 10. The number of benzene rings is 2. The van der Waals surface area contributed by atoms with E-state index in [0.717, 1.165) is 71.6 Å². The Balaban J connectivity index is 1.25. The molecular formula is C34H34Cl2N4O4. The predicted octanol–water partition coefficient (Wildman–Crippen LogP) is 6.82. The van der Waals surface area contributed by atoms with Crippen molar-refractivity contribution >= 4 is 29.2 Å². The van der Waals surface area contributed by atoms with E-state index in [4.69, 9.17) is 37.7 Å². The monoisotopic (exact) mass is 632 g/mol. The SMILES string of the molecule is CNCc1ccc(-c2cccc(-c3ccnc(-c4ccc(CN5CC6(CC(C(=O)O)C6)C5)c(OC)c4)c3Cl)c2Cl)nc1OC. The number of nitrogens with one attached hydrogen (secondary N) is 1. The molecule has 8 nitrogen and oxygen atoms in total. The first-order valence-corrected chi connectivity index (χ1v) is 15.3. The topological polar surface area (TPSA) is 96.8 Å². The Labute approximate surface area is 267 Å². The second kappa shape index (κ2) is 12.4. The van der Waals surface area contributed by atoms with Crippen LogP contribution >= 0.6 is 23.2 Å². The van der Waals surface area contributed by atoms with Gasteiger partial charge in [0.1, 0.15) is 5.75 Å². The van der Waals surface area contributed by atoms with Gasteiger partial charge in [0.25, 0.3) is 0 Å². The number of nitrogens with zero attached hydrogens (tertiary/aromatic N) is 3. The lowest BCUT2D eigenvalue weighted by molar-refractivity contribution is -0.161. The first-order valence-electron chi connectivity index (χ1n) is 14.5. The van der Waals surface area contributed by atoms with Gasteiger partial charge in [0.2, 0.25) is 5.88 Å². The lowest BCUT2D eigenvalue weighted by Gasteiger charge is -2.58. The van der Waals surface area contributed by atoms with Crippen LogP contribution in [0.4, 0.5) is 0 Å². The molecule has 0 atom stereocenters. The van der Waals surface area contributed by atoms with Crippen LogP contribution < -0.4 is 14.8 Å². The lowest BCUT2D eigenvalue weighted by Crippen LogP contribution is -2.62. The second-order valence-corrected chi connectivity index (χ2v) is 12.5. The van der Waals surface area contributed by atoms with Crippen LogP contribution in [0, 0.1) is 11.3 Å². The molecule has 6 rings (SSSR count). The van der Waals surface area contributed by atoms with Gasteiger partial charge in [0, 0.05) is 65.8 Å². The van der Waals surface area contributed by atoms with Gasteiger partial charge in [0.05, 0.1) is 41.6 Å². The highest BCUT2D eigenvalue weighted by atomic mass is 35.5. The molecule has 228 valence electrons. The maximum absolute atomic E-state index is 11.2. The van der Waals surface area contributed by atoms with Crippen LogP contribution in [0.1, 0.15) is 24.0 Å².